The van der Waals surface area contributed by atoms with Crippen molar-refractivity contribution < 1.29 is 33.9 Å². The molecule has 1 aromatic rings. The minimum absolute atomic E-state index is 0.0319. The van der Waals surface area contributed by atoms with Crippen molar-refractivity contribution in [2.75, 3.05) is 18.6 Å². The molecule has 0 aromatic heterocycles. The highest BCUT2D eigenvalue weighted by molar-refractivity contribution is 7.98. The largest absolute Gasteiger partial charge is 0.480 e. The van der Waals surface area contributed by atoms with Crippen LogP contribution in [-0.4, -0.2) is 83.3 Å². The summed E-state index contributed by atoms with van der Waals surface area (Å²) in [5.41, 5.74) is 11.3. The van der Waals surface area contributed by atoms with Crippen LogP contribution in [0.15, 0.2) is 30.3 Å². The molecule has 13 nitrogen and oxygen atoms in total. The highest BCUT2D eigenvalue weighted by Gasteiger charge is 2.30. The van der Waals surface area contributed by atoms with Crippen molar-refractivity contribution in [3.05, 3.63) is 35.9 Å². The first-order chi connectivity index (χ1) is 18.0. The van der Waals surface area contributed by atoms with Gasteiger partial charge in [-0.2, -0.15) is 11.8 Å². The van der Waals surface area contributed by atoms with Crippen LogP contribution in [-0.2, 0) is 35.2 Å². The molecule has 0 spiro atoms. The van der Waals surface area contributed by atoms with Crippen molar-refractivity contribution in [2.45, 2.75) is 56.8 Å². The Labute approximate surface area is 225 Å². The third-order valence-corrected chi connectivity index (χ3v) is 6.05. The van der Waals surface area contributed by atoms with Gasteiger partial charge in [0.05, 0.1) is 6.54 Å². The molecule has 0 radical (unpaired) electrons. The number of thioether (sulfide) groups is 1. The first kappa shape index (κ1) is 32.4. The SMILES string of the molecule is CSCC[C@H](NC(=O)CN)C(=O)N[C@@H](CCC(N)=O)C(=O)N[C@@H](Cc1ccccc1)C(=O)N[C@@H](C)C(=O)O. The lowest BCUT2D eigenvalue weighted by atomic mass is 10.0. The highest BCUT2D eigenvalue weighted by Crippen LogP contribution is 2.07. The number of primary amides is 1. The number of carbonyl (C=O) groups excluding carboxylic acids is 5. The molecule has 5 amide bonds. The van der Waals surface area contributed by atoms with E-state index in [0.29, 0.717) is 11.3 Å². The van der Waals surface area contributed by atoms with Gasteiger partial charge in [0.25, 0.3) is 0 Å². The first-order valence-electron chi connectivity index (χ1n) is 11.9. The van der Waals surface area contributed by atoms with Crippen LogP contribution in [0.4, 0.5) is 0 Å². The maximum absolute atomic E-state index is 13.2. The van der Waals surface area contributed by atoms with E-state index in [2.05, 4.69) is 21.3 Å². The Bertz CT molecular complexity index is 978. The standard InChI is InChI=1S/C24H36N6O7S/c1-14(24(36)37)27-23(35)18(12-15-6-4-3-5-7-15)30-21(33)16(8-9-19(26)31)29-22(34)17(10-11-38-2)28-20(32)13-25/h3-7,14,16-18H,8-13,25H2,1-2H3,(H2,26,31)(H,27,35)(H,28,32)(H,29,34)(H,30,33)(H,36,37)/t14-,16-,17-,18-/m0/s1. The molecular weight excluding hydrogens is 516 g/mol. The van der Waals surface area contributed by atoms with Crippen molar-refractivity contribution in [3.63, 3.8) is 0 Å². The van der Waals surface area contributed by atoms with E-state index in [9.17, 15) is 28.8 Å². The predicted molar refractivity (Wildman–Crippen MR) is 142 cm³/mol. The summed E-state index contributed by atoms with van der Waals surface area (Å²) in [5, 5.41) is 19.1. The van der Waals surface area contributed by atoms with Gasteiger partial charge in [-0.1, -0.05) is 30.3 Å². The van der Waals surface area contributed by atoms with Crippen molar-refractivity contribution >= 4 is 47.3 Å². The van der Waals surface area contributed by atoms with Crippen LogP contribution in [0.5, 0.6) is 0 Å². The van der Waals surface area contributed by atoms with Crippen molar-refractivity contribution in [1.29, 1.82) is 0 Å². The monoisotopic (exact) mass is 552 g/mol. The van der Waals surface area contributed by atoms with Gasteiger partial charge in [-0.05, 0) is 37.3 Å². The van der Waals surface area contributed by atoms with E-state index in [1.54, 1.807) is 30.3 Å². The molecule has 14 heteroatoms. The van der Waals surface area contributed by atoms with E-state index in [0.717, 1.165) is 0 Å². The third kappa shape index (κ3) is 12.1. The van der Waals surface area contributed by atoms with Crippen molar-refractivity contribution in [1.82, 2.24) is 21.3 Å². The Balaban J connectivity index is 3.14. The fourth-order valence-corrected chi connectivity index (χ4v) is 3.76. The Hall–Kier alpha value is -3.65. The maximum atomic E-state index is 13.2. The van der Waals surface area contributed by atoms with Crippen LogP contribution < -0.4 is 32.7 Å². The summed E-state index contributed by atoms with van der Waals surface area (Å²) in [6.07, 6.45) is 1.71. The molecule has 0 saturated heterocycles. The van der Waals surface area contributed by atoms with Crippen LogP contribution in [0.2, 0.25) is 0 Å². The molecule has 0 bridgehead atoms. The smallest absolute Gasteiger partial charge is 0.325 e. The molecular formula is C24H36N6O7S. The summed E-state index contributed by atoms with van der Waals surface area (Å²) in [7, 11) is 0. The van der Waals surface area contributed by atoms with Crippen LogP contribution in [0, 0.1) is 0 Å². The zero-order valence-corrected chi connectivity index (χ0v) is 22.2. The molecule has 0 saturated carbocycles. The number of hydrogen-bond acceptors (Lipinski definition) is 8. The average molecular weight is 553 g/mol. The normalized spacial score (nSPS) is 13.8. The van der Waals surface area contributed by atoms with E-state index in [4.69, 9.17) is 16.6 Å². The number of carboxylic acids is 1. The quantitative estimate of drug-likeness (QED) is 0.116. The lowest BCUT2D eigenvalue weighted by Crippen LogP contribution is -2.58. The number of rotatable bonds is 17. The number of nitrogens with two attached hydrogens (primary N) is 2. The molecule has 0 unspecified atom stereocenters. The summed E-state index contributed by atoms with van der Waals surface area (Å²) in [6.45, 7) is 0.946. The molecule has 0 aliphatic carbocycles. The highest BCUT2D eigenvalue weighted by atomic mass is 32.2. The first-order valence-corrected chi connectivity index (χ1v) is 13.3. The summed E-state index contributed by atoms with van der Waals surface area (Å²) >= 11 is 1.45. The second kappa shape index (κ2) is 17.0. The molecule has 0 fully saturated rings. The topological polar surface area (TPSA) is 223 Å². The second-order valence-electron chi connectivity index (χ2n) is 8.49. The number of amides is 5. The van der Waals surface area contributed by atoms with Crippen LogP contribution in [0.1, 0.15) is 31.7 Å². The zero-order valence-electron chi connectivity index (χ0n) is 21.4. The summed E-state index contributed by atoms with van der Waals surface area (Å²) in [5.74, 6) is -4.20. The minimum Gasteiger partial charge on any atom is -0.480 e. The van der Waals surface area contributed by atoms with Gasteiger partial charge < -0.3 is 37.8 Å². The number of carboxylic acid groups (broad SMARTS) is 1. The molecule has 1 rings (SSSR count). The minimum atomic E-state index is -1.27. The van der Waals surface area contributed by atoms with E-state index in [1.165, 1.54) is 18.7 Å². The number of hydrogen-bond donors (Lipinski definition) is 7. The van der Waals surface area contributed by atoms with Crippen molar-refractivity contribution in [3.8, 4) is 0 Å². The molecule has 210 valence electrons. The van der Waals surface area contributed by atoms with E-state index in [1.807, 2.05) is 6.26 Å². The Morgan fingerprint density at radius 3 is 1.95 bits per heavy atom. The van der Waals surface area contributed by atoms with Crippen LogP contribution in [0.25, 0.3) is 0 Å². The van der Waals surface area contributed by atoms with Crippen LogP contribution >= 0.6 is 11.8 Å². The van der Waals surface area contributed by atoms with Gasteiger partial charge in [-0.15, -0.1) is 0 Å². The molecule has 0 heterocycles. The average Bonchev–Trinajstić information content (AvgIpc) is 2.88. The van der Waals surface area contributed by atoms with E-state index < -0.39 is 59.7 Å². The van der Waals surface area contributed by atoms with Crippen molar-refractivity contribution in [2.24, 2.45) is 11.5 Å². The molecule has 9 N–H and O–H groups in total. The number of carbonyl (C=O) groups is 6. The van der Waals surface area contributed by atoms with Gasteiger partial charge in [-0.3, -0.25) is 28.8 Å². The molecule has 38 heavy (non-hydrogen) atoms. The summed E-state index contributed by atoms with van der Waals surface area (Å²) in [6, 6.07) is 4.06. The third-order valence-electron chi connectivity index (χ3n) is 5.40. The van der Waals surface area contributed by atoms with Gasteiger partial charge in [0.2, 0.25) is 29.5 Å². The zero-order chi connectivity index (χ0) is 28.7. The van der Waals surface area contributed by atoms with Gasteiger partial charge in [0, 0.05) is 12.8 Å². The lowest BCUT2D eigenvalue weighted by Gasteiger charge is -2.25. The number of benzene rings is 1. The molecule has 0 aliphatic heterocycles. The molecule has 1 aromatic carbocycles. The van der Waals surface area contributed by atoms with E-state index in [-0.39, 0.29) is 32.2 Å². The fourth-order valence-electron chi connectivity index (χ4n) is 3.29. The van der Waals surface area contributed by atoms with Gasteiger partial charge >= 0.3 is 5.97 Å². The Morgan fingerprint density at radius 1 is 0.868 bits per heavy atom. The van der Waals surface area contributed by atoms with Gasteiger partial charge in [-0.25, -0.2) is 0 Å². The second-order valence-corrected chi connectivity index (χ2v) is 9.48. The number of aliphatic carboxylic acids is 1. The Morgan fingerprint density at radius 2 is 1.42 bits per heavy atom. The maximum Gasteiger partial charge on any atom is 0.325 e. The lowest BCUT2D eigenvalue weighted by molar-refractivity contribution is -0.141. The fraction of sp³-hybridized carbons (Fsp3) is 0.500. The molecule has 0 aliphatic rings. The predicted octanol–water partition coefficient (Wildman–Crippen LogP) is -1.75. The van der Waals surface area contributed by atoms with Crippen LogP contribution in [0.3, 0.4) is 0 Å². The molecule has 4 atom stereocenters. The van der Waals surface area contributed by atoms with Gasteiger partial charge in [0.15, 0.2) is 0 Å². The van der Waals surface area contributed by atoms with Gasteiger partial charge in [0.1, 0.15) is 24.2 Å². The summed E-state index contributed by atoms with van der Waals surface area (Å²) < 4.78 is 0. The summed E-state index contributed by atoms with van der Waals surface area (Å²) in [4.78, 5) is 73.5. The Kier molecular flexibility index (Phi) is 14.5. The van der Waals surface area contributed by atoms with E-state index >= 15 is 0 Å². The number of nitrogens with one attached hydrogen (secondary N) is 4.